The second kappa shape index (κ2) is 4.24. The Balaban J connectivity index is 2.25. The lowest BCUT2D eigenvalue weighted by atomic mass is 10.1. The van der Waals surface area contributed by atoms with E-state index in [4.69, 9.17) is 5.73 Å². The average Bonchev–Trinajstić information content (AvgIpc) is 2.39. The van der Waals surface area contributed by atoms with Crippen LogP contribution in [0.1, 0.15) is 11.1 Å². The van der Waals surface area contributed by atoms with E-state index in [1.807, 2.05) is 55.5 Å². The van der Waals surface area contributed by atoms with Crippen molar-refractivity contribution in [3.05, 3.63) is 65.1 Å². The summed E-state index contributed by atoms with van der Waals surface area (Å²) in [6.45, 7) is 1.99. The van der Waals surface area contributed by atoms with Crippen molar-refractivity contribution in [2.45, 2.75) is 11.8 Å². The molecule has 0 saturated carbocycles. The van der Waals surface area contributed by atoms with Crippen molar-refractivity contribution in [1.29, 1.82) is 0 Å². The van der Waals surface area contributed by atoms with Crippen molar-refractivity contribution >= 4 is 21.1 Å². The van der Waals surface area contributed by atoms with Gasteiger partial charge in [0.25, 0.3) is 0 Å². The van der Waals surface area contributed by atoms with E-state index < -0.39 is 9.73 Å². The molecule has 3 rings (SSSR count). The van der Waals surface area contributed by atoms with Crippen molar-refractivity contribution in [2.75, 3.05) is 0 Å². The van der Waals surface area contributed by atoms with Gasteiger partial charge in [-0.2, -0.15) is 4.36 Å². The number of aryl methyl sites for hydroxylation is 1. The highest BCUT2D eigenvalue weighted by Crippen LogP contribution is 2.33. The summed E-state index contributed by atoms with van der Waals surface area (Å²) in [5, 5.41) is 1.57. The van der Waals surface area contributed by atoms with Gasteiger partial charge in [-0.3, -0.25) is 0 Å². The van der Waals surface area contributed by atoms with Gasteiger partial charge in [-0.1, -0.05) is 35.9 Å². The van der Waals surface area contributed by atoms with Crippen LogP contribution in [-0.2, 0) is 9.73 Å². The van der Waals surface area contributed by atoms with Gasteiger partial charge in [-0.05, 0) is 25.1 Å². The monoisotopic (exact) mass is 270 g/mol. The second-order valence-corrected chi connectivity index (χ2v) is 6.59. The zero-order valence-corrected chi connectivity index (χ0v) is 11.4. The van der Waals surface area contributed by atoms with E-state index in [1.165, 1.54) is 0 Å². The van der Waals surface area contributed by atoms with E-state index in [2.05, 4.69) is 4.36 Å². The third kappa shape index (κ3) is 2.04. The maximum absolute atomic E-state index is 13.0. The van der Waals surface area contributed by atoms with Crippen LogP contribution in [0.15, 0.2) is 63.2 Å². The van der Waals surface area contributed by atoms with Gasteiger partial charge in [-0.25, -0.2) is 4.21 Å². The summed E-state index contributed by atoms with van der Waals surface area (Å²) in [5.41, 5.74) is 9.19. The first-order valence-corrected chi connectivity index (χ1v) is 7.57. The molecule has 2 aromatic rings. The Bertz CT molecular complexity index is 782. The van der Waals surface area contributed by atoms with Gasteiger partial charge in [0.1, 0.15) is 9.73 Å². The molecule has 2 aromatic carbocycles. The van der Waals surface area contributed by atoms with E-state index in [0.29, 0.717) is 16.3 Å². The number of nitrogens with two attached hydrogens (primary N) is 1. The van der Waals surface area contributed by atoms with Crippen LogP contribution in [-0.4, -0.2) is 4.21 Å². The maximum Gasteiger partial charge on any atom is 0.104 e. The highest BCUT2D eigenvalue weighted by atomic mass is 32.2. The van der Waals surface area contributed by atoms with Crippen LogP contribution in [0.2, 0.25) is 0 Å². The fraction of sp³-hybridized carbons (Fsp3) is 0.0667. The first-order chi connectivity index (χ1) is 9.08. The molecule has 1 atom stereocenters. The molecule has 0 spiro atoms. The lowest BCUT2D eigenvalue weighted by Crippen LogP contribution is -2.07. The van der Waals surface area contributed by atoms with E-state index >= 15 is 0 Å². The minimum atomic E-state index is -2.61. The Kier molecular flexibility index (Phi) is 2.68. The molecule has 3 nitrogen and oxygen atoms in total. The fourth-order valence-corrected chi connectivity index (χ4v) is 3.80. The molecule has 1 aliphatic rings. The number of hydrogen-bond acceptors (Lipinski definition) is 3. The van der Waals surface area contributed by atoms with Crippen molar-refractivity contribution in [3.8, 4) is 0 Å². The predicted molar refractivity (Wildman–Crippen MR) is 78.3 cm³/mol. The van der Waals surface area contributed by atoms with Crippen LogP contribution < -0.4 is 5.73 Å². The molecule has 0 aromatic heterocycles. The minimum absolute atomic E-state index is 0.524. The molecule has 1 aliphatic heterocycles. The quantitative estimate of drug-likeness (QED) is 0.863. The van der Waals surface area contributed by atoms with E-state index in [-0.39, 0.29) is 0 Å². The van der Waals surface area contributed by atoms with Crippen molar-refractivity contribution in [3.63, 3.8) is 0 Å². The normalized spacial score (nSPS) is 21.2. The minimum Gasteiger partial charge on any atom is -0.398 e. The number of hydrogen-bond donors (Lipinski definition) is 1. The summed E-state index contributed by atoms with van der Waals surface area (Å²) in [6, 6.07) is 15.0. The van der Waals surface area contributed by atoms with Crippen LogP contribution in [0.4, 0.5) is 5.69 Å². The van der Waals surface area contributed by atoms with E-state index in [1.54, 1.807) is 5.41 Å². The third-order valence-corrected chi connectivity index (χ3v) is 5.08. The van der Waals surface area contributed by atoms with Gasteiger partial charge in [0.15, 0.2) is 0 Å². The molecule has 0 saturated heterocycles. The first-order valence-electron chi connectivity index (χ1n) is 5.99. The van der Waals surface area contributed by atoms with E-state index in [0.717, 1.165) is 11.1 Å². The molecule has 0 fully saturated rings. The van der Waals surface area contributed by atoms with Crippen molar-refractivity contribution in [2.24, 2.45) is 10.1 Å². The summed E-state index contributed by atoms with van der Waals surface area (Å²) in [4.78, 5) is 0.690. The molecule has 1 heterocycles. The summed E-state index contributed by atoms with van der Waals surface area (Å²) in [7, 11) is -2.61. The molecule has 0 bridgehead atoms. The molecule has 2 N–H and O–H groups in total. The molecule has 96 valence electrons. The molecule has 0 amide bonds. The zero-order chi connectivity index (χ0) is 13.5. The highest BCUT2D eigenvalue weighted by molar-refractivity contribution is 7.96. The Hall–Kier alpha value is -2.07. The number of rotatable bonds is 1. The fourth-order valence-electron chi connectivity index (χ4n) is 2.06. The Morgan fingerprint density at radius 3 is 2.47 bits per heavy atom. The zero-order valence-electron chi connectivity index (χ0n) is 10.5. The standard InChI is InChI=1S/C15H14N2OS/c1-11-6-8-12(9-7-11)19(18)10-14(16)13-4-2-3-5-15(13)17-19/h2-10H,16H2,1H3/t19-/m1/s1. The second-order valence-electron chi connectivity index (χ2n) is 4.56. The Morgan fingerprint density at radius 1 is 1.05 bits per heavy atom. The topological polar surface area (TPSA) is 55.5 Å². The molecule has 19 heavy (non-hydrogen) atoms. The largest absolute Gasteiger partial charge is 0.398 e. The Labute approximate surface area is 113 Å². The molecular weight excluding hydrogens is 256 g/mol. The average molecular weight is 270 g/mol. The van der Waals surface area contributed by atoms with Gasteiger partial charge in [0.05, 0.1) is 16.3 Å². The maximum atomic E-state index is 13.0. The lowest BCUT2D eigenvalue weighted by Gasteiger charge is -2.15. The number of benzene rings is 2. The SMILES string of the molecule is Cc1ccc([S@@]2(=O)=Nc3ccccc3C(N)=C2)cc1. The summed E-state index contributed by atoms with van der Waals surface area (Å²) in [5.74, 6) is 0. The van der Waals surface area contributed by atoms with Crippen LogP contribution in [0.25, 0.3) is 5.70 Å². The number of nitrogens with zero attached hydrogens (tertiary/aromatic N) is 1. The highest BCUT2D eigenvalue weighted by Gasteiger charge is 2.18. The number of fused-ring (bicyclic) bond motifs is 1. The lowest BCUT2D eigenvalue weighted by molar-refractivity contribution is 0.682. The molecule has 0 radical (unpaired) electrons. The predicted octanol–water partition coefficient (Wildman–Crippen LogP) is 3.42. The summed E-state index contributed by atoms with van der Waals surface area (Å²) in [6.07, 6.45) is 0. The first kappa shape index (κ1) is 12.0. The third-order valence-electron chi connectivity index (χ3n) is 3.09. The molecule has 0 unspecified atom stereocenters. The van der Waals surface area contributed by atoms with Crippen LogP contribution >= 0.6 is 0 Å². The van der Waals surface area contributed by atoms with Gasteiger partial charge in [-0.15, -0.1) is 0 Å². The van der Waals surface area contributed by atoms with Gasteiger partial charge in [0, 0.05) is 11.0 Å². The van der Waals surface area contributed by atoms with Crippen molar-refractivity contribution in [1.82, 2.24) is 0 Å². The van der Waals surface area contributed by atoms with E-state index in [9.17, 15) is 4.21 Å². The van der Waals surface area contributed by atoms with Gasteiger partial charge in [0.2, 0.25) is 0 Å². The van der Waals surface area contributed by atoms with Gasteiger partial charge < -0.3 is 5.73 Å². The molecule has 4 heteroatoms. The van der Waals surface area contributed by atoms with Crippen molar-refractivity contribution < 1.29 is 4.21 Å². The van der Waals surface area contributed by atoms with Crippen LogP contribution in [0.3, 0.4) is 0 Å². The van der Waals surface area contributed by atoms with Gasteiger partial charge >= 0.3 is 0 Å². The van der Waals surface area contributed by atoms with Crippen LogP contribution in [0.5, 0.6) is 0 Å². The molecule has 0 aliphatic carbocycles. The van der Waals surface area contributed by atoms with Crippen LogP contribution in [0, 0.1) is 6.92 Å². The smallest absolute Gasteiger partial charge is 0.104 e. The molecular formula is C15H14N2OS. The Morgan fingerprint density at radius 2 is 1.74 bits per heavy atom. The summed E-state index contributed by atoms with van der Waals surface area (Å²) >= 11 is 0. The summed E-state index contributed by atoms with van der Waals surface area (Å²) < 4.78 is 17.4.